The molecular formula is C19H24N4O2S2. The molecule has 2 aliphatic heterocycles. The number of aromatic nitrogens is 1. The summed E-state index contributed by atoms with van der Waals surface area (Å²) < 4.78 is 0. The molecule has 2 amide bonds. The molecule has 0 spiro atoms. The van der Waals surface area contributed by atoms with E-state index in [-0.39, 0.29) is 11.8 Å². The van der Waals surface area contributed by atoms with Gasteiger partial charge in [0.1, 0.15) is 10.7 Å². The van der Waals surface area contributed by atoms with E-state index in [0.29, 0.717) is 25.3 Å². The third-order valence-corrected chi connectivity index (χ3v) is 7.06. The van der Waals surface area contributed by atoms with Crippen LogP contribution in [0.1, 0.15) is 29.8 Å². The van der Waals surface area contributed by atoms with Crippen molar-refractivity contribution in [1.29, 1.82) is 0 Å². The molecule has 0 aromatic carbocycles. The number of piperazine rings is 1. The molecule has 0 atom stereocenters. The Morgan fingerprint density at radius 2 is 1.74 bits per heavy atom. The molecule has 144 valence electrons. The molecule has 2 fully saturated rings. The zero-order chi connectivity index (χ0) is 18.6. The van der Waals surface area contributed by atoms with E-state index in [9.17, 15) is 9.59 Å². The first-order chi connectivity index (χ1) is 13.2. The lowest BCUT2D eigenvalue weighted by Crippen LogP contribution is -2.52. The molecule has 27 heavy (non-hydrogen) atoms. The fourth-order valence-corrected chi connectivity index (χ4v) is 5.20. The topological polar surface area (TPSA) is 56.8 Å². The number of piperidine rings is 1. The fraction of sp³-hybridized carbons (Fsp3) is 0.526. The van der Waals surface area contributed by atoms with Crippen LogP contribution >= 0.6 is 22.7 Å². The van der Waals surface area contributed by atoms with Gasteiger partial charge in [0.15, 0.2) is 0 Å². The molecule has 0 saturated carbocycles. The lowest BCUT2D eigenvalue weighted by Gasteiger charge is -2.35. The van der Waals surface area contributed by atoms with Crippen molar-refractivity contribution in [3.05, 3.63) is 28.6 Å². The van der Waals surface area contributed by atoms with Crippen LogP contribution in [-0.4, -0.2) is 77.3 Å². The highest BCUT2D eigenvalue weighted by Crippen LogP contribution is 2.28. The summed E-state index contributed by atoms with van der Waals surface area (Å²) in [6.07, 6.45) is 3.47. The normalized spacial score (nSPS) is 18.7. The largest absolute Gasteiger partial charge is 0.342 e. The predicted molar refractivity (Wildman–Crippen MR) is 108 cm³/mol. The van der Waals surface area contributed by atoms with Crippen LogP contribution in [0.4, 0.5) is 0 Å². The second-order valence-electron chi connectivity index (χ2n) is 7.02. The van der Waals surface area contributed by atoms with Crippen LogP contribution in [0, 0.1) is 0 Å². The Labute approximate surface area is 167 Å². The Kier molecular flexibility index (Phi) is 5.85. The molecule has 2 saturated heterocycles. The average molecular weight is 405 g/mol. The molecule has 8 heteroatoms. The summed E-state index contributed by atoms with van der Waals surface area (Å²) in [5.74, 6) is 0.227. The number of rotatable bonds is 4. The van der Waals surface area contributed by atoms with Crippen LogP contribution in [-0.2, 0) is 4.79 Å². The highest BCUT2D eigenvalue weighted by molar-refractivity contribution is 7.20. The standard InChI is InChI=1S/C19H24N4O2S2/c24-17(22-6-2-1-3-7-22)13-21-8-10-23(11-9-21)19(25)15-14-27-18(20-15)16-5-4-12-26-16/h4-5,12,14H,1-3,6-11,13H2. The van der Waals surface area contributed by atoms with E-state index in [1.807, 2.05) is 32.7 Å². The Bertz CT molecular complexity index is 775. The number of amides is 2. The van der Waals surface area contributed by atoms with Crippen molar-refractivity contribution >= 4 is 34.5 Å². The number of nitrogens with zero attached hydrogens (tertiary/aromatic N) is 4. The number of thiophene rings is 1. The molecule has 4 rings (SSSR count). The van der Waals surface area contributed by atoms with E-state index in [1.54, 1.807) is 11.3 Å². The van der Waals surface area contributed by atoms with Crippen molar-refractivity contribution in [2.75, 3.05) is 45.8 Å². The molecule has 0 aliphatic carbocycles. The van der Waals surface area contributed by atoms with Gasteiger partial charge in [0.05, 0.1) is 11.4 Å². The summed E-state index contributed by atoms with van der Waals surface area (Å²) in [5, 5.41) is 4.77. The molecular weight excluding hydrogens is 380 g/mol. The fourth-order valence-electron chi connectivity index (χ4n) is 3.59. The third kappa shape index (κ3) is 4.39. The van der Waals surface area contributed by atoms with E-state index in [4.69, 9.17) is 0 Å². The molecule has 0 N–H and O–H groups in total. The minimum absolute atomic E-state index is 0.00365. The van der Waals surface area contributed by atoms with Gasteiger partial charge in [-0.3, -0.25) is 14.5 Å². The average Bonchev–Trinajstić information content (AvgIpc) is 3.40. The van der Waals surface area contributed by atoms with E-state index in [0.717, 1.165) is 48.9 Å². The second kappa shape index (κ2) is 8.50. The highest BCUT2D eigenvalue weighted by atomic mass is 32.1. The van der Waals surface area contributed by atoms with Gasteiger partial charge in [0.25, 0.3) is 5.91 Å². The summed E-state index contributed by atoms with van der Waals surface area (Å²) in [4.78, 5) is 36.8. The van der Waals surface area contributed by atoms with Crippen molar-refractivity contribution in [2.45, 2.75) is 19.3 Å². The van der Waals surface area contributed by atoms with Crippen LogP contribution in [0.3, 0.4) is 0 Å². The van der Waals surface area contributed by atoms with E-state index in [1.165, 1.54) is 17.8 Å². The Morgan fingerprint density at radius 3 is 2.44 bits per heavy atom. The van der Waals surface area contributed by atoms with Gasteiger partial charge in [-0.1, -0.05) is 6.07 Å². The summed E-state index contributed by atoms with van der Waals surface area (Å²) >= 11 is 3.15. The number of hydrogen-bond donors (Lipinski definition) is 0. The van der Waals surface area contributed by atoms with Crippen molar-refractivity contribution in [2.24, 2.45) is 0 Å². The molecule has 2 aliphatic rings. The number of hydrogen-bond acceptors (Lipinski definition) is 6. The van der Waals surface area contributed by atoms with Crippen molar-refractivity contribution in [1.82, 2.24) is 19.7 Å². The number of carbonyl (C=O) groups excluding carboxylic acids is 2. The van der Waals surface area contributed by atoms with Gasteiger partial charge in [0.2, 0.25) is 5.91 Å². The van der Waals surface area contributed by atoms with Crippen molar-refractivity contribution in [3.8, 4) is 9.88 Å². The smallest absolute Gasteiger partial charge is 0.273 e. The van der Waals surface area contributed by atoms with E-state index in [2.05, 4.69) is 9.88 Å². The zero-order valence-electron chi connectivity index (χ0n) is 15.3. The van der Waals surface area contributed by atoms with Gasteiger partial charge in [-0.2, -0.15) is 0 Å². The molecule has 2 aromatic rings. The Hall–Kier alpha value is -1.77. The maximum atomic E-state index is 12.7. The minimum atomic E-state index is -0.00365. The van der Waals surface area contributed by atoms with E-state index < -0.39 is 0 Å². The molecule has 0 radical (unpaired) electrons. The first-order valence-corrected chi connectivity index (χ1v) is 11.3. The van der Waals surface area contributed by atoms with Gasteiger partial charge >= 0.3 is 0 Å². The van der Waals surface area contributed by atoms with Gasteiger partial charge in [-0.15, -0.1) is 22.7 Å². The van der Waals surface area contributed by atoms with Gasteiger partial charge in [-0.25, -0.2) is 4.98 Å². The zero-order valence-corrected chi connectivity index (χ0v) is 16.9. The van der Waals surface area contributed by atoms with Gasteiger partial charge in [-0.05, 0) is 30.7 Å². The van der Waals surface area contributed by atoms with Crippen LogP contribution in [0.2, 0.25) is 0 Å². The van der Waals surface area contributed by atoms with Gasteiger partial charge < -0.3 is 9.80 Å². The minimum Gasteiger partial charge on any atom is -0.342 e. The lowest BCUT2D eigenvalue weighted by molar-refractivity contribution is -0.133. The number of likely N-dealkylation sites (tertiary alicyclic amines) is 1. The Balaban J connectivity index is 1.28. The summed E-state index contributed by atoms with van der Waals surface area (Å²) in [6, 6.07) is 4.02. The number of thiazole rings is 1. The van der Waals surface area contributed by atoms with Crippen molar-refractivity contribution < 1.29 is 9.59 Å². The first kappa shape index (κ1) is 18.6. The van der Waals surface area contributed by atoms with Crippen LogP contribution in [0.25, 0.3) is 9.88 Å². The summed E-state index contributed by atoms with van der Waals surface area (Å²) in [7, 11) is 0. The molecule has 2 aromatic heterocycles. The van der Waals surface area contributed by atoms with Gasteiger partial charge in [0, 0.05) is 44.6 Å². The molecule has 0 bridgehead atoms. The summed E-state index contributed by atoms with van der Waals surface area (Å²) in [6.45, 7) is 5.05. The first-order valence-electron chi connectivity index (χ1n) is 9.49. The van der Waals surface area contributed by atoms with Crippen LogP contribution in [0.15, 0.2) is 22.9 Å². The van der Waals surface area contributed by atoms with Crippen LogP contribution in [0.5, 0.6) is 0 Å². The maximum absolute atomic E-state index is 12.7. The molecule has 6 nitrogen and oxygen atoms in total. The monoisotopic (exact) mass is 404 g/mol. The molecule has 4 heterocycles. The second-order valence-corrected chi connectivity index (χ2v) is 8.83. The Morgan fingerprint density at radius 1 is 0.963 bits per heavy atom. The molecule has 0 unspecified atom stereocenters. The van der Waals surface area contributed by atoms with E-state index >= 15 is 0 Å². The number of carbonyl (C=O) groups is 2. The third-order valence-electron chi connectivity index (χ3n) is 5.18. The SMILES string of the molecule is O=C(CN1CCN(C(=O)c2csc(-c3cccs3)n2)CC1)N1CCCCC1. The predicted octanol–water partition coefficient (Wildman–Crippen LogP) is 2.64. The van der Waals surface area contributed by atoms with Crippen LogP contribution < -0.4 is 0 Å². The quantitative estimate of drug-likeness (QED) is 0.786. The highest BCUT2D eigenvalue weighted by Gasteiger charge is 2.26. The van der Waals surface area contributed by atoms with Crippen molar-refractivity contribution in [3.63, 3.8) is 0 Å². The lowest BCUT2D eigenvalue weighted by atomic mass is 10.1. The summed E-state index contributed by atoms with van der Waals surface area (Å²) in [5.41, 5.74) is 0.529. The maximum Gasteiger partial charge on any atom is 0.273 e.